The normalized spacial score (nSPS) is 12.3. The Morgan fingerprint density at radius 2 is 1.96 bits per heavy atom. The van der Waals surface area contributed by atoms with E-state index in [4.69, 9.17) is 9.47 Å². The Balaban J connectivity index is 1.59. The summed E-state index contributed by atoms with van der Waals surface area (Å²) in [5.74, 6) is 2.16. The number of ether oxygens (including phenoxy) is 2. The molecule has 0 saturated carbocycles. The van der Waals surface area contributed by atoms with Crippen LogP contribution < -0.4 is 20.1 Å². The van der Waals surface area contributed by atoms with E-state index in [-0.39, 0.29) is 12.7 Å². The van der Waals surface area contributed by atoms with Gasteiger partial charge in [0, 0.05) is 30.7 Å². The molecule has 1 aliphatic rings. The van der Waals surface area contributed by atoms with Crippen molar-refractivity contribution in [2.24, 2.45) is 5.92 Å². The Morgan fingerprint density at radius 3 is 2.71 bits per heavy atom. The van der Waals surface area contributed by atoms with E-state index >= 15 is 0 Å². The molecule has 24 heavy (non-hydrogen) atoms. The predicted octanol–water partition coefficient (Wildman–Crippen LogP) is 2.92. The molecule has 0 fully saturated rings. The molecule has 0 atom stereocenters. The lowest BCUT2D eigenvalue weighted by molar-refractivity contribution is 0.102. The molecule has 1 amide bonds. The summed E-state index contributed by atoms with van der Waals surface area (Å²) >= 11 is 0. The number of rotatable bonds is 6. The number of carbonyl (C=O) groups excluding carboxylic acids is 1. The molecule has 0 saturated heterocycles. The zero-order valence-electron chi connectivity index (χ0n) is 13.7. The smallest absolute Gasteiger partial charge is 0.258 e. The zero-order valence-corrected chi connectivity index (χ0v) is 13.7. The zero-order chi connectivity index (χ0) is 16.9. The van der Waals surface area contributed by atoms with Gasteiger partial charge in [-0.05, 0) is 24.5 Å². The van der Waals surface area contributed by atoms with Gasteiger partial charge in [0.05, 0.1) is 5.56 Å². The molecule has 1 aromatic carbocycles. The fourth-order valence-electron chi connectivity index (χ4n) is 2.19. The quantitative estimate of drug-likeness (QED) is 0.848. The van der Waals surface area contributed by atoms with Crippen LogP contribution in [0.25, 0.3) is 0 Å². The molecule has 1 aliphatic heterocycles. The lowest BCUT2D eigenvalue weighted by Gasteiger charge is -2.08. The molecule has 2 heterocycles. The molecule has 126 valence electrons. The summed E-state index contributed by atoms with van der Waals surface area (Å²) in [5.41, 5.74) is 1.02. The van der Waals surface area contributed by atoms with Gasteiger partial charge in [-0.25, -0.2) is 9.97 Å². The number of nitrogens with zero attached hydrogens (tertiary/aromatic N) is 2. The van der Waals surface area contributed by atoms with E-state index in [0.717, 1.165) is 13.0 Å². The molecule has 2 N–H and O–H groups in total. The van der Waals surface area contributed by atoms with Gasteiger partial charge in [-0.1, -0.05) is 13.8 Å². The standard InChI is InChI=1S/C17H20N4O3/c1-11(2)5-6-18-17-19-8-12(9-20-17)16(22)21-13-3-4-14-15(7-13)24-10-23-14/h3-4,7-9,11H,5-6,10H2,1-2H3,(H,21,22)(H,18,19,20). The van der Waals surface area contributed by atoms with Crippen LogP contribution in [0.15, 0.2) is 30.6 Å². The first-order chi connectivity index (χ1) is 11.6. The Bertz CT molecular complexity index is 716. The third-order valence-electron chi connectivity index (χ3n) is 3.55. The van der Waals surface area contributed by atoms with Crippen LogP contribution in [-0.4, -0.2) is 29.2 Å². The Morgan fingerprint density at radius 1 is 1.21 bits per heavy atom. The third-order valence-corrected chi connectivity index (χ3v) is 3.55. The molecule has 0 aliphatic carbocycles. The molecule has 0 bridgehead atoms. The van der Waals surface area contributed by atoms with Crippen molar-refractivity contribution in [3.05, 3.63) is 36.2 Å². The maximum atomic E-state index is 12.2. The summed E-state index contributed by atoms with van der Waals surface area (Å²) in [7, 11) is 0. The number of aromatic nitrogens is 2. The SMILES string of the molecule is CC(C)CCNc1ncc(C(=O)Nc2ccc3c(c2)OCO3)cn1. The second kappa shape index (κ2) is 7.16. The predicted molar refractivity (Wildman–Crippen MR) is 90.5 cm³/mol. The molecule has 0 unspecified atom stereocenters. The summed E-state index contributed by atoms with van der Waals surface area (Å²) < 4.78 is 10.5. The second-order valence-corrected chi connectivity index (χ2v) is 5.93. The average molecular weight is 328 g/mol. The van der Waals surface area contributed by atoms with Gasteiger partial charge >= 0.3 is 0 Å². The first kappa shape index (κ1) is 16.0. The fraction of sp³-hybridized carbons (Fsp3) is 0.353. The molecule has 1 aromatic heterocycles. The maximum absolute atomic E-state index is 12.2. The minimum absolute atomic E-state index is 0.200. The van der Waals surface area contributed by atoms with Crippen LogP contribution in [0.1, 0.15) is 30.6 Å². The average Bonchev–Trinajstić information content (AvgIpc) is 3.03. The summed E-state index contributed by atoms with van der Waals surface area (Å²) in [6, 6.07) is 5.24. The van der Waals surface area contributed by atoms with E-state index in [9.17, 15) is 4.79 Å². The van der Waals surface area contributed by atoms with Crippen LogP contribution in [0.5, 0.6) is 11.5 Å². The van der Waals surface area contributed by atoms with Crippen molar-refractivity contribution in [2.75, 3.05) is 24.0 Å². The monoisotopic (exact) mass is 328 g/mol. The number of benzene rings is 1. The lowest BCUT2D eigenvalue weighted by atomic mass is 10.1. The molecule has 7 heteroatoms. The number of fused-ring (bicyclic) bond motifs is 1. The van der Waals surface area contributed by atoms with Crippen molar-refractivity contribution in [1.29, 1.82) is 0 Å². The molecular weight excluding hydrogens is 308 g/mol. The van der Waals surface area contributed by atoms with E-state index in [0.29, 0.717) is 34.6 Å². The van der Waals surface area contributed by atoms with Crippen LogP contribution in [0.3, 0.4) is 0 Å². The first-order valence-corrected chi connectivity index (χ1v) is 7.89. The molecule has 0 spiro atoms. The van der Waals surface area contributed by atoms with Gasteiger partial charge in [-0.2, -0.15) is 0 Å². The van der Waals surface area contributed by atoms with Crippen molar-refractivity contribution in [3.63, 3.8) is 0 Å². The van der Waals surface area contributed by atoms with Gasteiger partial charge in [-0.15, -0.1) is 0 Å². The molecule has 3 rings (SSSR count). The third kappa shape index (κ3) is 3.92. The minimum atomic E-state index is -0.275. The summed E-state index contributed by atoms with van der Waals surface area (Å²) in [6.07, 6.45) is 4.05. The molecule has 2 aromatic rings. The van der Waals surface area contributed by atoms with Crippen LogP contribution in [-0.2, 0) is 0 Å². The number of carbonyl (C=O) groups is 1. The van der Waals surface area contributed by atoms with E-state index in [1.54, 1.807) is 18.2 Å². The Hall–Kier alpha value is -2.83. The van der Waals surface area contributed by atoms with Crippen molar-refractivity contribution in [3.8, 4) is 11.5 Å². The van der Waals surface area contributed by atoms with Gasteiger partial charge < -0.3 is 20.1 Å². The van der Waals surface area contributed by atoms with E-state index < -0.39 is 0 Å². The van der Waals surface area contributed by atoms with Crippen LogP contribution >= 0.6 is 0 Å². The Labute approximate surface area is 140 Å². The number of hydrogen-bond acceptors (Lipinski definition) is 6. The number of hydrogen-bond donors (Lipinski definition) is 2. The minimum Gasteiger partial charge on any atom is -0.454 e. The maximum Gasteiger partial charge on any atom is 0.258 e. The van der Waals surface area contributed by atoms with Crippen LogP contribution in [0.2, 0.25) is 0 Å². The highest BCUT2D eigenvalue weighted by Gasteiger charge is 2.15. The van der Waals surface area contributed by atoms with Gasteiger partial charge in [0.25, 0.3) is 5.91 Å². The summed E-state index contributed by atoms with van der Waals surface area (Å²) in [6.45, 7) is 5.32. The molecule has 7 nitrogen and oxygen atoms in total. The topological polar surface area (TPSA) is 85.4 Å². The van der Waals surface area contributed by atoms with Crippen molar-refractivity contribution in [2.45, 2.75) is 20.3 Å². The lowest BCUT2D eigenvalue weighted by Crippen LogP contribution is -2.14. The number of nitrogens with one attached hydrogen (secondary N) is 2. The highest BCUT2D eigenvalue weighted by atomic mass is 16.7. The number of amides is 1. The fourth-order valence-corrected chi connectivity index (χ4v) is 2.19. The van der Waals surface area contributed by atoms with E-state index in [2.05, 4.69) is 34.4 Å². The van der Waals surface area contributed by atoms with E-state index in [1.807, 2.05) is 0 Å². The largest absolute Gasteiger partial charge is 0.454 e. The summed E-state index contributed by atoms with van der Waals surface area (Å²) in [4.78, 5) is 20.6. The van der Waals surface area contributed by atoms with Gasteiger partial charge in [-0.3, -0.25) is 4.79 Å². The van der Waals surface area contributed by atoms with Crippen LogP contribution in [0, 0.1) is 5.92 Å². The van der Waals surface area contributed by atoms with Gasteiger partial charge in [0.1, 0.15) is 0 Å². The Kier molecular flexibility index (Phi) is 4.79. The van der Waals surface area contributed by atoms with Crippen molar-refractivity contribution < 1.29 is 14.3 Å². The second-order valence-electron chi connectivity index (χ2n) is 5.93. The van der Waals surface area contributed by atoms with E-state index in [1.165, 1.54) is 12.4 Å². The molecule has 0 radical (unpaired) electrons. The van der Waals surface area contributed by atoms with Crippen molar-refractivity contribution in [1.82, 2.24) is 9.97 Å². The van der Waals surface area contributed by atoms with Crippen LogP contribution in [0.4, 0.5) is 11.6 Å². The van der Waals surface area contributed by atoms with Gasteiger partial charge in [0.15, 0.2) is 11.5 Å². The highest BCUT2D eigenvalue weighted by Crippen LogP contribution is 2.34. The van der Waals surface area contributed by atoms with Gasteiger partial charge in [0.2, 0.25) is 12.7 Å². The highest BCUT2D eigenvalue weighted by molar-refractivity contribution is 6.04. The first-order valence-electron chi connectivity index (χ1n) is 7.89. The number of anilines is 2. The molecular formula is C17H20N4O3. The summed E-state index contributed by atoms with van der Waals surface area (Å²) in [5, 5.41) is 5.93. The van der Waals surface area contributed by atoms with Crippen molar-refractivity contribution >= 4 is 17.5 Å².